The normalized spacial score (nSPS) is 15.5. The number of rotatable bonds is 6. The summed E-state index contributed by atoms with van der Waals surface area (Å²) in [5, 5.41) is 4.46. The molecule has 1 saturated heterocycles. The number of halogens is 1. The summed E-state index contributed by atoms with van der Waals surface area (Å²) in [5.74, 6) is 3.02. The van der Waals surface area contributed by atoms with E-state index in [2.05, 4.69) is 61.1 Å². The molecule has 0 aliphatic carbocycles. The summed E-state index contributed by atoms with van der Waals surface area (Å²) < 4.78 is 7.76. The number of hydrogen-bond acceptors (Lipinski definition) is 7. The molecule has 1 aliphatic rings. The van der Waals surface area contributed by atoms with Gasteiger partial charge >= 0.3 is 0 Å². The van der Waals surface area contributed by atoms with E-state index in [1.165, 1.54) is 0 Å². The predicted octanol–water partition coefficient (Wildman–Crippen LogP) is 3.90. The number of anilines is 2. The Labute approximate surface area is 179 Å². The maximum Gasteiger partial charge on any atom is 0.228 e. The van der Waals surface area contributed by atoms with E-state index < -0.39 is 0 Å². The van der Waals surface area contributed by atoms with E-state index in [-0.39, 0.29) is 0 Å². The smallest absolute Gasteiger partial charge is 0.228 e. The third kappa shape index (κ3) is 4.54. The van der Waals surface area contributed by atoms with Gasteiger partial charge in [-0.1, -0.05) is 13.8 Å². The standard InChI is InChI=1S/C20H25IN6O/c1-14(2)10-15-11-17-18(13-22-15)24-20(26-5-7-27(21)8-6-26)25-19(17)23-12-16-4-3-9-28-16/h3-4,9,11,13-14H,5-8,10,12H2,1-2H3,(H,23,24,25). The van der Waals surface area contributed by atoms with Gasteiger partial charge in [0, 0.05) is 60.1 Å². The van der Waals surface area contributed by atoms with Crippen molar-refractivity contribution in [2.24, 2.45) is 5.92 Å². The second-order valence-corrected chi connectivity index (χ2v) is 8.86. The molecule has 1 N–H and O–H groups in total. The average Bonchev–Trinajstić information content (AvgIpc) is 3.20. The third-order valence-corrected chi connectivity index (χ3v) is 5.73. The van der Waals surface area contributed by atoms with E-state index in [0.717, 1.165) is 66.7 Å². The lowest BCUT2D eigenvalue weighted by molar-refractivity contribution is 0.456. The molecule has 1 aliphatic heterocycles. The molecule has 3 aromatic heterocycles. The van der Waals surface area contributed by atoms with Crippen LogP contribution in [0, 0.1) is 5.92 Å². The van der Waals surface area contributed by atoms with Gasteiger partial charge in [-0.05, 0) is 30.5 Å². The van der Waals surface area contributed by atoms with Crippen molar-refractivity contribution >= 4 is 45.5 Å². The summed E-state index contributed by atoms with van der Waals surface area (Å²) in [4.78, 5) is 16.6. The van der Waals surface area contributed by atoms with Crippen LogP contribution in [0.4, 0.5) is 11.8 Å². The molecule has 4 rings (SSSR count). The van der Waals surface area contributed by atoms with Crippen LogP contribution >= 0.6 is 22.9 Å². The molecular formula is C20H25IN6O. The van der Waals surface area contributed by atoms with Crippen molar-refractivity contribution in [3.63, 3.8) is 0 Å². The first kappa shape index (κ1) is 19.4. The molecular weight excluding hydrogens is 467 g/mol. The summed E-state index contributed by atoms with van der Waals surface area (Å²) in [6.45, 7) is 8.84. The van der Waals surface area contributed by atoms with Gasteiger partial charge in [0.25, 0.3) is 0 Å². The minimum absolute atomic E-state index is 0.550. The van der Waals surface area contributed by atoms with Crippen molar-refractivity contribution in [1.29, 1.82) is 0 Å². The Hall–Kier alpha value is -1.94. The van der Waals surface area contributed by atoms with Gasteiger partial charge < -0.3 is 14.6 Å². The van der Waals surface area contributed by atoms with Gasteiger partial charge in [0.2, 0.25) is 5.95 Å². The van der Waals surface area contributed by atoms with Gasteiger partial charge in [0.1, 0.15) is 11.6 Å². The fraction of sp³-hybridized carbons (Fsp3) is 0.450. The van der Waals surface area contributed by atoms with Crippen LogP contribution in [0.25, 0.3) is 10.9 Å². The van der Waals surface area contributed by atoms with E-state index in [1.807, 2.05) is 18.3 Å². The Balaban J connectivity index is 1.69. The quantitative estimate of drug-likeness (QED) is 0.414. The van der Waals surface area contributed by atoms with E-state index in [4.69, 9.17) is 14.4 Å². The maximum atomic E-state index is 5.47. The first-order valence-electron chi connectivity index (χ1n) is 9.67. The molecule has 3 aromatic rings. The second kappa shape index (κ2) is 8.60. The van der Waals surface area contributed by atoms with Crippen molar-refractivity contribution in [2.45, 2.75) is 26.8 Å². The number of hydrogen-bond donors (Lipinski definition) is 1. The number of pyridine rings is 1. The summed E-state index contributed by atoms with van der Waals surface area (Å²) in [5.41, 5.74) is 1.94. The number of piperazine rings is 1. The first-order chi connectivity index (χ1) is 13.6. The molecule has 0 bridgehead atoms. The monoisotopic (exact) mass is 492 g/mol. The van der Waals surface area contributed by atoms with E-state index >= 15 is 0 Å². The molecule has 0 unspecified atom stereocenters. The Morgan fingerprint density at radius 2 is 2.04 bits per heavy atom. The molecule has 8 heteroatoms. The van der Waals surface area contributed by atoms with Crippen LogP contribution in [0.3, 0.4) is 0 Å². The van der Waals surface area contributed by atoms with Gasteiger partial charge in [-0.2, -0.15) is 4.98 Å². The third-order valence-electron chi connectivity index (χ3n) is 4.76. The summed E-state index contributed by atoms with van der Waals surface area (Å²) in [6, 6.07) is 5.98. The molecule has 4 heterocycles. The highest BCUT2D eigenvalue weighted by atomic mass is 127. The van der Waals surface area contributed by atoms with E-state index in [0.29, 0.717) is 12.5 Å². The molecule has 0 saturated carbocycles. The molecule has 28 heavy (non-hydrogen) atoms. The lowest BCUT2D eigenvalue weighted by Gasteiger charge is -2.31. The highest BCUT2D eigenvalue weighted by Crippen LogP contribution is 2.26. The Morgan fingerprint density at radius 1 is 1.21 bits per heavy atom. The van der Waals surface area contributed by atoms with Gasteiger partial charge in [-0.25, -0.2) is 8.10 Å². The Morgan fingerprint density at radius 3 is 2.75 bits per heavy atom. The zero-order chi connectivity index (χ0) is 19.5. The Bertz CT molecular complexity index is 922. The summed E-state index contributed by atoms with van der Waals surface area (Å²) in [6.07, 6.45) is 4.51. The van der Waals surface area contributed by atoms with Crippen molar-refractivity contribution in [3.8, 4) is 0 Å². The number of furan rings is 1. The molecule has 0 atom stereocenters. The minimum Gasteiger partial charge on any atom is -0.467 e. The lowest BCUT2D eigenvalue weighted by atomic mass is 10.1. The first-order valence-corrected chi connectivity index (χ1v) is 10.6. The van der Waals surface area contributed by atoms with E-state index in [9.17, 15) is 0 Å². The SMILES string of the molecule is CC(C)Cc1cc2c(NCc3ccco3)nc(N3CCN(I)CC3)nc2cn1. The van der Waals surface area contributed by atoms with Crippen LogP contribution in [-0.2, 0) is 13.0 Å². The second-order valence-electron chi connectivity index (χ2n) is 7.49. The van der Waals surface area contributed by atoms with Crippen LogP contribution in [0.2, 0.25) is 0 Å². The average molecular weight is 492 g/mol. The van der Waals surface area contributed by atoms with Crippen LogP contribution in [-0.4, -0.2) is 44.2 Å². The topological polar surface area (TPSA) is 70.3 Å². The van der Waals surface area contributed by atoms with Gasteiger partial charge in [0.15, 0.2) is 0 Å². The van der Waals surface area contributed by atoms with Crippen LogP contribution < -0.4 is 10.2 Å². The molecule has 0 amide bonds. The number of fused-ring (bicyclic) bond motifs is 1. The fourth-order valence-electron chi connectivity index (χ4n) is 3.34. The fourth-order valence-corrected chi connectivity index (χ4v) is 3.77. The summed E-state index contributed by atoms with van der Waals surface area (Å²) in [7, 11) is 0. The number of aromatic nitrogens is 3. The molecule has 0 aromatic carbocycles. The predicted molar refractivity (Wildman–Crippen MR) is 120 cm³/mol. The highest BCUT2D eigenvalue weighted by Gasteiger charge is 2.19. The number of nitrogens with one attached hydrogen (secondary N) is 1. The van der Waals surface area contributed by atoms with Gasteiger partial charge in [-0.3, -0.25) is 4.98 Å². The van der Waals surface area contributed by atoms with Gasteiger partial charge in [-0.15, -0.1) is 0 Å². The largest absolute Gasteiger partial charge is 0.467 e. The van der Waals surface area contributed by atoms with Crippen LogP contribution in [0.1, 0.15) is 25.3 Å². The van der Waals surface area contributed by atoms with E-state index in [1.54, 1.807) is 6.26 Å². The Kier molecular flexibility index (Phi) is 5.96. The highest BCUT2D eigenvalue weighted by molar-refractivity contribution is 14.1. The molecule has 148 valence electrons. The zero-order valence-electron chi connectivity index (χ0n) is 16.2. The van der Waals surface area contributed by atoms with Crippen molar-refractivity contribution < 1.29 is 4.42 Å². The zero-order valence-corrected chi connectivity index (χ0v) is 18.4. The molecule has 0 spiro atoms. The van der Waals surface area contributed by atoms with Crippen LogP contribution in [0.15, 0.2) is 35.1 Å². The molecule has 0 radical (unpaired) electrons. The molecule has 7 nitrogen and oxygen atoms in total. The molecule has 1 fully saturated rings. The summed E-state index contributed by atoms with van der Waals surface area (Å²) >= 11 is 2.37. The van der Waals surface area contributed by atoms with Crippen molar-refractivity contribution in [2.75, 3.05) is 36.4 Å². The van der Waals surface area contributed by atoms with Crippen LogP contribution in [0.5, 0.6) is 0 Å². The van der Waals surface area contributed by atoms with Gasteiger partial charge in [0.05, 0.1) is 24.5 Å². The number of nitrogens with zero attached hydrogens (tertiary/aromatic N) is 5. The lowest BCUT2D eigenvalue weighted by Crippen LogP contribution is -2.43. The van der Waals surface area contributed by atoms with Crippen molar-refractivity contribution in [1.82, 2.24) is 18.1 Å². The van der Waals surface area contributed by atoms with Crippen molar-refractivity contribution in [3.05, 3.63) is 42.1 Å². The maximum absolute atomic E-state index is 5.47. The minimum atomic E-state index is 0.550.